The molecule has 5 nitrogen and oxygen atoms in total. The summed E-state index contributed by atoms with van der Waals surface area (Å²) in [5.74, 6) is 0. The van der Waals surface area contributed by atoms with E-state index in [1.54, 1.807) is 12.1 Å². The highest BCUT2D eigenvalue weighted by Crippen LogP contribution is 2.21. The molecular formula is C17H13N3O2. The minimum atomic E-state index is -0.418. The van der Waals surface area contributed by atoms with Crippen LogP contribution in [0.1, 0.15) is 11.3 Å². The molecule has 0 unspecified atom stereocenters. The number of hydrogen-bond acceptors (Lipinski definition) is 4. The molecule has 2 aromatic carbocycles. The average Bonchev–Trinajstić information content (AvgIpc) is 2.53. The number of fused-ring (bicyclic) bond motifs is 1. The normalized spacial score (nSPS) is 11.1. The Bertz CT molecular complexity index is 871. The Labute approximate surface area is 126 Å². The molecule has 0 amide bonds. The standard InChI is InChI=1S/C17H13N3O2/c18-16-11-13(19-17-4-2-1-3-15(16)17)8-5-12-6-9-14(10-7-12)20(21)22/h1-11H,(H2,18,19)/b8-5-. The van der Waals surface area contributed by atoms with Gasteiger partial charge in [-0.1, -0.05) is 24.3 Å². The largest absolute Gasteiger partial charge is 0.398 e. The van der Waals surface area contributed by atoms with Gasteiger partial charge in [-0.2, -0.15) is 0 Å². The summed E-state index contributed by atoms with van der Waals surface area (Å²) in [6.07, 6.45) is 3.68. The van der Waals surface area contributed by atoms with Crippen LogP contribution in [0.15, 0.2) is 54.6 Å². The van der Waals surface area contributed by atoms with E-state index in [-0.39, 0.29) is 5.69 Å². The number of nitro benzene ring substituents is 1. The highest BCUT2D eigenvalue weighted by Gasteiger charge is 2.03. The van der Waals surface area contributed by atoms with E-state index in [1.807, 2.05) is 42.5 Å². The molecule has 0 spiro atoms. The molecule has 0 aliphatic rings. The molecule has 3 aromatic rings. The number of nitrogens with two attached hydrogens (primary N) is 1. The van der Waals surface area contributed by atoms with E-state index in [0.29, 0.717) is 5.69 Å². The number of nitrogens with zero attached hydrogens (tertiary/aromatic N) is 2. The predicted molar refractivity (Wildman–Crippen MR) is 88.2 cm³/mol. The SMILES string of the molecule is Nc1cc(/C=C\c2ccc([N+](=O)[O-])cc2)nc2ccccc12. The number of non-ortho nitro benzene ring substituents is 1. The Kier molecular flexibility index (Phi) is 3.53. The lowest BCUT2D eigenvalue weighted by Gasteiger charge is -2.03. The molecule has 22 heavy (non-hydrogen) atoms. The van der Waals surface area contributed by atoms with Gasteiger partial charge in [0, 0.05) is 23.2 Å². The summed E-state index contributed by atoms with van der Waals surface area (Å²) in [5.41, 5.74) is 9.22. The molecule has 1 aromatic heterocycles. The Morgan fingerprint density at radius 1 is 1.05 bits per heavy atom. The number of pyridine rings is 1. The van der Waals surface area contributed by atoms with E-state index in [1.165, 1.54) is 12.1 Å². The van der Waals surface area contributed by atoms with Crippen LogP contribution in [-0.2, 0) is 0 Å². The van der Waals surface area contributed by atoms with Crippen molar-refractivity contribution in [3.05, 3.63) is 76.0 Å². The third-order valence-electron chi connectivity index (χ3n) is 3.32. The predicted octanol–water partition coefficient (Wildman–Crippen LogP) is 3.90. The highest BCUT2D eigenvalue weighted by atomic mass is 16.6. The Hall–Kier alpha value is -3.21. The van der Waals surface area contributed by atoms with E-state index in [0.717, 1.165) is 22.2 Å². The van der Waals surface area contributed by atoms with Crippen LogP contribution in [0.25, 0.3) is 23.1 Å². The quantitative estimate of drug-likeness (QED) is 0.586. The number of para-hydroxylation sites is 1. The van der Waals surface area contributed by atoms with Crippen molar-refractivity contribution in [3.8, 4) is 0 Å². The fourth-order valence-corrected chi connectivity index (χ4v) is 2.20. The van der Waals surface area contributed by atoms with Gasteiger partial charge in [0.25, 0.3) is 5.69 Å². The van der Waals surface area contributed by atoms with Gasteiger partial charge < -0.3 is 5.73 Å². The number of nitro groups is 1. The molecule has 5 heteroatoms. The third-order valence-corrected chi connectivity index (χ3v) is 3.32. The first kappa shape index (κ1) is 13.8. The molecule has 0 atom stereocenters. The molecule has 0 bridgehead atoms. The van der Waals surface area contributed by atoms with Crippen molar-refractivity contribution in [1.82, 2.24) is 4.98 Å². The van der Waals surface area contributed by atoms with Crippen molar-refractivity contribution < 1.29 is 4.92 Å². The summed E-state index contributed by atoms with van der Waals surface area (Å²) in [7, 11) is 0. The third kappa shape index (κ3) is 2.78. The molecule has 0 saturated carbocycles. The molecule has 0 fully saturated rings. The van der Waals surface area contributed by atoms with Gasteiger partial charge in [0.15, 0.2) is 0 Å². The fraction of sp³-hybridized carbons (Fsp3) is 0. The number of rotatable bonds is 3. The summed E-state index contributed by atoms with van der Waals surface area (Å²) < 4.78 is 0. The van der Waals surface area contributed by atoms with Crippen LogP contribution in [0.2, 0.25) is 0 Å². The van der Waals surface area contributed by atoms with Gasteiger partial charge in [-0.05, 0) is 35.9 Å². The lowest BCUT2D eigenvalue weighted by Crippen LogP contribution is -1.91. The van der Waals surface area contributed by atoms with Crippen LogP contribution < -0.4 is 5.73 Å². The van der Waals surface area contributed by atoms with Crippen LogP contribution in [0, 0.1) is 10.1 Å². The van der Waals surface area contributed by atoms with Crippen LogP contribution in [0.5, 0.6) is 0 Å². The highest BCUT2D eigenvalue weighted by molar-refractivity contribution is 5.91. The second kappa shape index (κ2) is 5.65. The summed E-state index contributed by atoms with van der Waals surface area (Å²) in [4.78, 5) is 14.7. The maximum atomic E-state index is 10.6. The van der Waals surface area contributed by atoms with E-state index in [4.69, 9.17) is 5.73 Å². The lowest BCUT2D eigenvalue weighted by molar-refractivity contribution is -0.384. The number of nitrogen functional groups attached to an aromatic ring is 1. The first-order chi connectivity index (χ1) is 10.6. The minimum absolute atomic E-state index is 0.0743. The molecule has 1 heterocycles. The van der Waals surface area contributed by atoms with Gasteiger partial charge in [0.2, 0.25) is 0 Å². The molecule has 0 radical (unpaired) electrons. The molecule has 2 N–H and O–H groups in total. The Balaban J connectivity index is 1.90. The van der Waals surface area contributed by atoms with E-state index in [9.17, 15) is 10.1 Å². The second-order valence-electron chi connectivity index (χ2n) is 4.84. The molecule has 0 aliphatic heterocycles. The van der Waals surface area contributed by atoms with Crippen LogP contribution in [-0.4, -0.2) is 9.91 Å². The van der Waals surface area contributed by atoms with Gasteiger partial charge in [-0.3, -0.25) is 10.1 Å². The van der Waals surface area contributed by atoms with Crippen molar-refractivity contribution >= 4 is 34.4 Å². The summed E-state index contributed by atoms with van der Waals surface area (Å²) >= 11 is 0. The second-order valence-corrected chi connectivity index (χ2v) is 4.84. The van der Waals surface area contributed by atoms with E-state index < -0.39 is 4.92 Å². The maximum absolute atomic E-state index is 10.6. The zero-order valence-corrected chi connectivity index (χ0v) is 11.6. The fourth-order valence-electron chi connectivity index (χ4n) is 2.20. The molecule has 108 valence electrons. The lowest BCUT2D eigenvalue weighted by atomic mass is 10.1. The van der Waals surface area contributed by atoms with Gasteiger partial charge in [-0.25, -0.2) is 4.98 Å². The first-order valence-electron chi connectivity index (χ1n) is 6.71. The smallest absolute Gasteiger partial charge is 0.269 e. The van der Waals surface area contributed by atoms with E-state index >= 15 is 0 Å². The van der Waals surface area contributed by atoms with Crippen LogP contribution in [0.4, 0.5) is 11.4 Å². The topological polar surface area (TPSA) is 82.0 Å². The van der Waals surface area contributed by atoms with Crippen LogP contribution in [0.3, 0.4) is 0 Å². The number of anilines is 1. The van der Waals surface area contributed by atoms with Gasteiger partial charge in [0.05, 0.1) is 16.1 Å². The van der Waals surface area contributed by atoms with Gasteiger partial charge in [0.1, 0.15) is 0 Å². The monoisotopic (exact) mass is 291 g/mol. The minimum Gasteiger partial charge on any atom is -0.398 e. The Morgan fingerprint density at radius 2 is 1.77 bits per heavy atom. The van der Waals surface area contributed by atoms with Gasteiger partial charge in [-0.15, -0.1) is 0 Å². The van der Waals surface area contributed by atoms with Crippen molar-refractivity contribution in [2.75, 3.05) is 5.73 Å². The van der Waals surface area contributed by atoms with E-state index in [2.05, 4.69) is 4.98 Å². The molecular weight excluding hydrogens is 278 g/mol. The zero-order chi connectivity index (χ0) is 15.5. The first-order valence-corrected chi connectivity index (χ1v) is 6.71. The average molecular weight is 291 g/mol. The van der Waals surface area contributed by atoms with Crippen molar-refractivity contribution in [2.24, 2.45) is 0 Å². The maximum Gasteiger partial charge on any atom is 0.269 e. The summed E-state index contributed by atoms with van der Waals surface area (Å²) in [6.45, 7) is 0. The number of aromatic nitrogens is 1. The Morgan fingerprint density at radius 3 is 2.50 bits per heavy atom. The molecule has 3 rings (SSSR count). The number of hydrogen-bond donors (Lipinski definition) is 1. The van der Waals surface area contributed by atoms with Crippen molar-refractivity contribution in [3.63, 3.8) is 0 Å². The molecule has 0 saturated heterocycles. The molecule has 0 aliphatic carbocycles. The summed E-state index contributed by atoms with van der Waals surface area (Å²) in [5, 5.41) is 11.5. The van der Waals surface area contributed by atoms with Crippen molar-refractivity contribution in [2.45, 2.75) is 0 Å². The number of benzene rings is 2. The zero-order valence-electron chi connectivity index (χ0n) is 11.6. The summed E-state index contributed by atoms with van der Waals surface area (Å²) in [6, 6.07) is 15.8. The van der Waals surface area contributed by atoms with Crippen LogP contribution >= 0.6 is 0 Å². The van der Waals surface area contributed by atoms with Crippen molar-refractivity contribution in [1.29, 1.82) is 0 Å². The van der Waals surface area contributed by atoms with Gasteiger partial charge >= 0.3 is 0 Å².